The van der Waals surface area contributed by atoms with Crippen LogP contribution in [0.4, 0.5) is 10.5 Å². The molecule has 0 spiro atoms. The molecular formula is C23H30N2O5. The third kappa shape index (κ3) is 6.22. The smallest absolute Gasteiger partial charge is 0.408 e. The maximum atomic E-state index is 13.4. The van der Waals surface area contributed by atoms with Crippen molar-refractivity contribution in [1.82, 2.24) is 5.32 Å². The molecule has 30 heavy (non-hydrogen) atoms. The van der Waals surface area contributed by atoms with Crippen molar-refractivity contribution in [3.8, 4) is 5.75 Å². The number of hydrogen-bond donors (Lipinski definition) is 2. The second kappa shape index (κ2) is 9.63. The van der Waals surface area contributed by atoms with Gasteiger partial charge in [0.1, 0.15) is 11.1 Å². The Balaban J connectivity index is 2.33. The molecule has 7 nitrogen and oxygen atoms in total. The van der Waals surface area contributed by atoms with Crippen molar-refractivity contribution in [2.75, 3.05) is 11.7 Å². The van der Waals surface area contributed by atoms with E-state index in [0.717, 1.165) is 17.0 Å². The van der Waals surface area contributed by atoms with Gasteiger partial charge in [0.25, 0.3) is 5.91 Å². The van der Waals surface area contributed by atoms with E-state index in [-0.39, 0.29) is 0 Å². The first kappa shape index (κ1) is 23.2. The molecule has 0 radical (unpaired) electrons. The molecule has 0 aliphatic rings. The number of amides is 2. The van der Waals surface area contributed by atoms with E-state index in [4.69, 9.17) is 9.57 Å². The van der Waals surface area contributed by atoms with Gasteiger partial charge >= 0.3 is 6.09 Å². The molecule has 7 heteroatoms. The maximum absolute atomic E-state index is 13.4. The third-order valence-corrected chi connectivity index (χ3v) is 4.27. The van der Waals surface area contributed by atoms with Crippen LogP contribution in [0.25, 0.3) is 0 Å². The molecule has 2 aromatic rings. The van der Waals surface area contributed by atoms with Crippen LogP contribution in [-0.4, -0.2) is 34.9 Å². The van der Waals surface area contributed by atoms with Crippen molar-refractivity contribution < 1.29 is 24.3 Å². The number of hydroxylamine groups is 1. The van der Waals surface area contributed by atoms with E-state index >= 15 is 0 Å². The number of aliphatic hydroxyl groups excluding tert-OH is 1. The molecule has 0 saturated carbocycles. The van der Waals surface area contributed by atoms with Crippen LogP contribution in [0.15, 0.2) is 54.6 Å². The zero-order valence-corrected chi connectivity index (χ0v) is 18.1. The fourth-order valence-electron chi connectivity index (χ4n) is 2.58. The third-order valence-electron chi connectivity index (χ3n) is 4.27. The molecule has 2 N–H and O–H groups in total. The summed E-state index contributed by atoms with van der Waals surface area (Å²) in [5.74, 6) is -0.205. The lowest BCUT2D eigenvalue weighted by Crippen LogP contribution is -2.61. The molecule has 0 aliphatic heterocycles. The summed E-state index contributed by atoms with van der Waals surface area (Å²) >= 11 is 0. The second-order valence-electron chi connectivity index (χ2n) is 8.14. The molecule has 0 aliphatic carbocycles. The number of alkyl carbamates (subject to hydrolysis) is 1. The highest BCUT2D eigenvalue weighted by molar-refractivity contribution is 6.00. The van der Waals surface area contributed by atoms with Crippen molar-refractivity contribution in [3.63, 3.8) is 0 Å². The molecule has 0 saturated heterocycles. The second-order valence-corrected chi connectivity index (χ2v) is 8.14. The summed E-state index contributed by atoms with van der Waals surface area (Å²) in [6, 6.07) is 16.1. The van der Waals surface area contributed by atoms with Gasteiger partial charge in [0.2, 0.25) is 0 Å². The number of para-hydroxylation sites is 1. The first-order chi connectivity index (χ1) is 14.1. The van der Waals surface area contributed by atoms with Crippen LogP contribution in [0.1, 0.15) is 40.2 Å². The Labute approximate surface area is 177 Å². The number of hydrogen-bond acceptors (Lipinski definition) is 5. The molecule has 0 aromatic heterocycles. The van der Waals surface area contributed by atoms with Crippen LogP contribution in [0.5, 0.6) is 5.75 Å². The lowest BCUT2D eigenvalue weighted by atomic mass is 10.0. The van der Waals surface area contributed by atoms with Gasteiger partial charge < -0.3 is 20.0 Å². The van der Waals surface area contributed by atoms with Gasteiger partial charge in [-0.1, -0.05) is 37.3 Å². The molecule has 1 atom stereocenters. The maximum Gasteiger partial charge on any atom is 0.408 e. The number of carbonyl (C=O) groups is 2. The van der Waals surface area contributed by atoms with E-state index in [9.17, 15) is 14.7 Å². The number of benzene rings is 2. The number of carbonyl (C=O) groups excluding carboxylic acids is 2. The predicted octanol–water partition coefficient (Wildman–Crippen LogP) is 3.85. The molecule has 2 rings (SSSR count). The van der Waals surface area contributed by atoms with Crippen LogP contribution in [0.3, 0.4) is 0 Å². The van der Waals surface area contributed by atoms with Crippen molar-refractivity contribution in [2.24, 2.45) is 0 Å². The Morgan fingerprint density at radius 2 is 1.60 bits per heavy atom. The lowest BCUT2D eigenvalue weighted by Gasteiger charge is -2.33. The van der Waals surface area contributed by atoms with Gasteiger partial charge in [0.15, 0.2) is 5.75 Å². The number of nitrogens with zero attached hydrogens (tertiary/aromatic N) is 1. The summed E-state index contributed by atoms with van der Waals surface area (Å²) in [7, 11) is 0. The van der Waals surface area contributed by atoms with E-state index < -0.39 is 29.7 Å². The van der Waals surface area contributed by atoms with E-state index in [1.165, 1.54) is 6.92 Å². The van der Waals surface area contributed by atoms with Crippen molar-refractivity contribution in [3.05, 3.63) is 60.2 Å². The van der Waals surface area contributed by atoms with Crippen molar-refractivity contribution in [2.45, 2.75) is 52.2 Å². The Morgan fingerprint density at radius 3 is 2.10 bits per heavy atom. The quantitative estimate of drug-likeness (QED) is 0.672. The number of aliphatic hydroxyl groups is 1. The Bertz CT molecular complexity index is 846. The van der Waals surface area contributed by atoms with E-state index in [1.807, 2.05) is 25.1 Å². The number of aryl methyl sites for hydroxylation is 1. The molecule has 0 fully saturated rings. The van der Waals surface area contributed by atoms with E-state index in [2.05, 4.69) is 5.32 Å². The SMILES string of the molecule is CCc1ccc(ON(C(=O)C(C)(CO)NC(=O)OC(C)(C)C)c2ccccc2)cc1. The van der Waals surface area contributed by atoms with Crippen LogP contribution in [0, 0.1) is 0 Å². The molecule has 2 aromatic carbocycles. The average molecular weight is 415 g/mol. The largest absolute Gasteiger partial charge is 0.444 e. The van der Waals surface area contributed by atoms with Crippen LogP contribution < -0.4 is 15.2 Å². The van der Waals surface area contributed by atoms with Gasteiger partial charge in [-0.3, -0.25) is 4.79 Å². The minimum atomic E-state index is -1.67. The monoisotopic (exact) mass is 414 g/mol. The molecule has 162 valence electrons. The molecule has 2 amide bonds. The Morgan fingerprint density at radius 1 is 1.00 bits per heavy atom. The first-order valence-electron chi connectivity index (χ1n) is 9.86. The summed E-state index contributed by atoms with van der Waals surface area (Å²) < 4.78 is 5.24. The van der Waals surface area contributed by atoms with Gasteiger partial charge in [0, 0.05) is 0 Å². The fraction of sp³-hybridized carbons (Fsp3) is 0.391. The van der Waals surface area contributed by atoms with Crippen LogP contribution in [-0.2, 0) is 16.0 Å². The molecule has 0 bridgehead atoms. The minimum absolute atomic E-state index is 0.446. The summed E-state index contributed by atoms with van der Waals surface area (Å²) in [5.41, 5.74) is -0.832. The average Bonchev–Trinajstić information content (AvgIpc) is 2.71. The lowest BCUT2D eigenvalue weighted by molar-refractivity contribution is -0.130. The summed E-state index contributed by atoms with van der Waals surface area (Å²) in [6.07, 6.45) is 0.0667. The van der Waals surface area contributed by atoms with Gasteiger partial charge in [-0.25, -0.2) is 4.79 Å². The van der Waals surface area contributed by atoms with Crippen molar-refractivity contribution in [1.29, 1.82) is 0 Å². The summed E-state index contributed by atoms with van der Waals surface area (Å²) in [6.45, 7) is 7.95. The summed E-state index contributed by atoms with van der Waals surface area (Å²) in [5, 5.41) is 13.5. The van der Waals surface area contributed by atoms with E-state index in [0.29, 0.717) is 11.4 Å². The highest BCUT2D eigenvalue weighted by Crippen LogP contribution is 2.23. The van der Waals surface area contributed by atoms with Crippen LogP contribution >= 0.6 is 0 Å². The van der Waals surface area contributed by atoms with Crippen molar-refractivity contribution >= 4 is 17.7 Å². The van der Waals surface area contributed by atoms with Gasteiger partial charge in [-0.05, 0) is 63.9 Å². The summed E-state index contributed by atoms with van der Waals surface area (Å²) in [4.78, 5) is 31.5. The van der Waals surface area contributed by atoms with Crippen LogP contribution in [0.2, 0.25) is 0 Å². The number of ether oxygens (including phenoxy) is 1. The van der Waals surface area contributed by atoms with E-state index in [1.54, 1.807) is 57.2 Å². The fourth-order valence-corrected chi connectivity index (χ4v) is 2.58. The normalized spacial score (nSPS) is 13.1. The predicted molar refractivity (Wildman–Crippen MR) is 115 cm³/mol. The Kier molecular flexibility index (Phi) is 7.45. The number of rotatable bonds is 7. The highest BCUT2D eigenvalue weighted by atomic mass is 16.7. The standard InChI is InChI=1S/C23H30N2O5/c1-6-17-12-14-19(15-13-17)30-25(18-10-8-7-9-11-18)20(27)23(5,16-26)24-21(28)29-22(2,3)4/h7-15,26H,6,16H2,1-5H3,(H,24,28). The first-order valence-corrected chi connectivity index (χ1v) is 9.86. The molecule has 1 unspecified atom stereocenters. The van der Waals surface area contributed by atoms with Gasteiger partial charge in [0.05, 0.1) is 12.3 Å². The number of nitrogens with one attached hydrogen (secondary N) is 1. The Hall–Kier alpha value is -3.06. The van der Waals surface area contributed by atoms with Gasteiger partial charge in [-0.2, -0.15) is 0 Å². The van der Waals surface area contributed by atoms with Gasteiger partial charge in [-0.15, -0.1) is 5.06 Å². The number of anilines is 1. The zero-order valence-electron chi connectivity index (χ0n) is 18.1. The zero-order chi connectivity index (χ0) is 22.4. The molecular weight excluding hydrogens is 384 g/mol. The molecule has 0 heterocycles. The highest BCUT2D eigenvalue weighted by Gasteiger charge is 2.41. The topological polar surface area (TPSA) is 88.1 Å². The minimum Gasteiger partial charge on any atom is -0.444 e.